The Balaban J connectivity index is 2.01. The van der Waals surface area contributed by atoms with Gasteiger partial charge < -0.3 is 4.74 Å². The number of nitro groups is 1. The summed E-state index contributed by atoms with van der Waals surface area (Å²) in [5.41, 5.74) is 3.95. The Morgan fingerprint density at radius 1 is 1.42 bits per heavy atom. The number of rotatable bonds is 7. The van der Waals surface area contributed by atoms with Gasteiger partial charge >= 0.3 is 11.6 Å². The van der Waals surface area contributed by atoms with E-state index in [0.29, 0.717) is 0 Å². The molecule has 136 valence electrons. The fourth-order valence-corrected chi connectivity index (χ4v) is 2.10. The maximum atomic E-state index is 12.1. The van der Waals surface area contributed by atoms with Gasteiger partial charge in [0.25, 0.3) is 5.91 Å². The van der Waals surface area contributed by atoms with Crippen LogP contribution in [-0.4, -0.2) is 33.9 Å². The number of methoxy groups -OCH3 is 1. The van der Waals surface area contributed by atoms with E-state index in [1.807, 2.05) is 43.3 Å². The number of hydrogen-bond acceptors (Lipinski definition) is 6. The number of carbonyl (C=O) groups excluding carboxylic acids is 1. The van der Waals surface area contributed by atoms with Crippen molar-refractivity contribution in [1.29, 1.82) is 0 Å². The fraction of sp³-hybridized carbons (Fsp3) is 0.235. The van der Waals surface area contributed by atoms with E-state index in [9.17, 15) is 14.9 Å². The average Bonchev–Trinajstić information content (AvgIpc) is 3.06. The maximum Gasteiger partial charge on any atom is 0.350 e. The molecule has 1 amide bonds. The molecule has 9 heteroatoms. The highest BCUT2D eigenvalue weighted by atomic mass is 16.6. The van der Waals surface area contributed by atoms with E-state index in [1.165, 1.54) is 13.3 Å². The van der Waals surface area contributed by atoms with Gasteiger partial charge in [0.1, 0.15) is 12.2 Å². The molecule has 0 saturated carbocycles. The van der Waals surface area contributed by atoms with Crippen molar-refractivity contribution < 1.29 is 14.5 Å². The summed E-state index contributed by atoms with van der Waals surface area (Å²) in [5.74, 6) is -0.617. The van der Waals surface area contributed by atoms with E-state index in [4.69, 9.17) is 4.74 Å². The Bertz CT molecular complexity index is 842. The molecule has 1 aromatic carbocycles. The van der Waals surface area contributed by atoms with E-state index < -0.39 is 16.9 Å². The van der Waals surface area contributed by atoms with Crippen LogP contribution in [0, 0.1) is 10.1 Å². The zero-order valence-electron chi connectivity index (χ0n) is 14.6. The summed E-state index contributed by atoms with van der Waals surface area (Å²) < 4.78 is 6.01. The van der Waals surface area contributed by atoms with Crippen molar-refractivity contribution >= 4 is 23.9 Å². The summed E-state index contributed by atoms with van der Waals surface area (Å²) in [6.45, 7) is 3.40. The first-order valence-corrected chi connectivity index (χ1v) is 7.76. The summed E-state index contributed by atoms with van der Waals surface area (Å²) >= 11 is 0. The van der Waals surface area contributed by atoms with E-state index in [1.54, 1.807) is 6.92 Å². The standard InChI is InChI=1S/C17H19N5O4/c1-12(9-14-7-5-4-6-8-14)10-18-19-16(23)13(2)21-11-15(22(24)25)17(20-21)26-3/h4-11,13H,1-3H3,(H,19,23)/b12-9-,18-10?/t13-/m1/s1. The minimum Gasteiger partial charge on any atom is -0.475 e. The van der Waals surface area contributed by atoms with Crippen LogP contribution in [0.25, 0.3) is 6.08 Å². The van der Waals surface area contributed by atoms with Crippen molar-refractivity contribution in [3.63, 3.8) is 0 Å². The summed E-state index contributed by atoms with van der Waals surface area (Å²) in [6, 6.07) is 8.89. The number of amides is 1. The number of carbonyl (C=O) groups is 1. The summed E-state index contributed by atoms with van der Waals surface area (Å²) in [4.78, 5) is 22.4. The number of benzene rings is 1. The van der Waals surface area contributed by atoms with E-state index in [2.05, 4.69) is 15.6 Å². The van der Waals surface area contributed by atoms with Crippen molar-refractivity contribution in [2.24, 2.45) is 5.10 Å². The SMILES string of the molecule is COc1nn([C@H](C)C(=O)NN=C/C(C)=C\c2ccccc2)cc1[N+](=O)[O-]. The van der Waals surface area contributed by atoms with Gasteiger partial charge in [0.2, 0.25) is 0 Å². The minimum atomic E-state index is -0.798. The van der Waals surface area contributed by atoms with Crippen LogP contribution in [0.3, 0.4) is 0 Å². The zero-order valence-corrected chi connectivity index (χ0v) is 14.6. The number of hydrazone groups is 1. The monoisotopic (exact) mass is 357 g/mol. The number of nitrogens with zero attached hydrogens (tertiary/aromatic N) is 4. The molecule has 0 aliphatic heterocycles. The minimum absolute atomic E-state index is 0.153. The van der Waals surface area contributed by atoms with Crippen LogP contribution < -0.4 is 10.2 Å². The van der Waals surface area contributed by atoms with Crippen LogP contribution in [0.2, 0.25) is 0 Å². The molecule has 1 N–H and O–H groups in total. The number of hydrogen-bond donors (Lipinski definition) is 1. The molecular formula is C17H19N5O4. The van der Waals surface area contributed by atoms with E-state index in [-0.39, 0.29) is 11.6 Å². The molecule has 0 bridgehead atoms. The first-order valence-electron chi connectivity index (χ1n) is 7.76. The molecule has 0 fully saturated rings. The highest BCUT2D eigenvalue weighted by molar-refractivity contribution is 5.86. The molecule has 2 rings (SSSR count). The van der Waals surface area contributed by atoms with Crippen molar-refractivity contribution in [3.05, 3.63) is 57.8 Å². The molecule has 1 atom stereocenters. The third-order valence-corrected chi connectivity index (χ3v) is 3.48. The van der Waals surface area contributed by atoms with Gasteiger partial charge in [-0.1, -0.05) is 36.4 Å². The lowest BCUT2D eigenvalue weighted by molar-refractivity contribution is -0.385. The highest BCUT2D eigenvalue weighted by Gasteiger charge is 2.25. The Morgan fingerprint density at radius 3 is 2.69 bits per heavy atom. The first-order chi connectivity index (χ1) is 12.4. The van der Waals surface area contributed by atoms with E-state index >= 15 is 0 Å². The van der Waals surface area contributed by atoms with Gasteiger partial charge in [-0.3, -0.25) is 14.9 Å². The maximum absolute atomic E-state index is 12.1. The normalized spacial score (nSPS) is 12.8. The number of ether oxygens (including phenoxy) is 1. The number of allylic oxidation sites excluding steroid dienone is 1. The molecule has 26 heavy (non-hydrogen) atoms. The predicted molar refractivity (Wildman–Crippen MR) is 96.9 cm³/mol. The Hall–Kier alpha value is -3.49. The van der Waals surface area contributed by atoms with Gasteiger partial charge in [0.05, 0.1) is 18.2 Å². The van der Waals surface area contributed by atoms with Crippen LogP contribution >= 0.6 is 0 Å². The molecule has 0 saturated heterocycles. The molecule has 0 aliphatic rings. The van der Waals surface area contributed by atoms with Crippen molar-refractivity contribution in [2.75, 3.05) is 7.11 Å². The van der Waals surface area contributed by atoms with Crippen LogP contribution in [0.15, 0.2) is 47.2 Å². The van der Waals surface area contributed by atoms with Gasteiger partial charge in [-0.05, 0) is 25.0 Å². The molecule has 1 heterocycles. The van der Waals surface area contributed by atoms with Gasteiger partial charge in [0.15, 0.2) is 0 Å². The van der Waals surface area contributed by atoms with Crippen molar-refractivity contribution in [1.82, 2.24) is 15.2 Å². The fourth-order valence-electron chi connectivity index (χ4n) is 2.10. The van der Waals surface area contributed by atoms with Crippen molar-refractivity contribution in [3.8, 4) is 5.88 Å². The van der Waals surface area contributed by atoms with Crippen LogP contribution in [0.1, 0.15) is 25.5 Å². The topological polar surface area (TPSA) is 112 Å². The molecule has 2 aromatic rings. The lowest BCUT2D eigenvalue weighted by Gasteiger charge is -2.09. The summed E-state index contributed by atoms with van der Waals surface area (Å²) in [5, 5.41) is 18.7. The van der Waals surface area contributed by atoms with Gasteiger partial charge in [-0.2, -0.15) is 5.10 Å². The number of nitrogens with one attached hydrogen (secondary N) is 1. The first kappa shape index (κ1) is 18.8. The molecule has 9 nitrogen and oxygen atoms in total. The third-order valence-electron chi connectivity index (χ3n) is 3.48. The lowest BCUT2D eigenvalue weighted by Crippen LogP contribution is -2.27. The predicted octanol–water partition coefficient (Wildman–Crippen LogP) is 2.57. The van der Waals surface area contributed by atoms with Gasteiger partial charge in [-0.25, -0.2) is 10.1 Å². The van der Waals surface area contributed by atoms with Crippen molar-refractivity contribution in [2.45, 2.75) is 19.9 Å². The second-order valence-electron chi connectivity index (χ2n) is 5.47. The van der Waals surface area contributed by atoms with Crippen LogP contribution in [0.4, 0.5) is 5.69 Å². The molecular weight excluding hydrogens is 338 g/mol. The highest BCUT2D eigenvalue weighted by Crippen LogP contribution is 2.25. The Kier molecular flexibility index (Phi) is 6.20. The Morgan fingerprint density at radius 2 is 2.12 bits per heavy atom. The summed E-state index contributed by atoms with van der Waals surface area (Å²) in [6.07, 6.45) is 4.58. The summed E-state index contributed by atoms with van der Waals surface area (Å²) in [7, 11) is 1.27. The second kappa shape index (κ2) is 8.56. The molecule has 1 aromatic heterocycles. The van der Waals surface area contributed by atoms with Gasteiger partial charge in [-0.15, -0.1) is 5.10 Å². The van der Waals surface area contributed by atoms with E-state index in [0.717, 1.165) is 22.0 Å². The average molecular weight is 357 g/mol. The molecule has 0 radical (unpaired) electrons. The third kappa shape index (κ3) is 4.76. The molecule has 0 unspecified atom stereocenters. The second-order valence-corrected chi connectivity index (χ2v) is 5.47. The largest absolute Gasteiger partial charge is 0.475 e. The lowest BCUT2D eigenvalue weighted by atomic mass is 10.1. The smallest absolute Gasteiger partial charge is 0.350 e. The molecule has 0 spiro atoms. The van der Waals surface area contributed by atoms with Gasteiger partial charge in [0, 0.05) is 0 Å². The number of aromatic nitrogens is 2. The quantitative estimate of drug-likeness (QED) is 0.465. The van der Waals surface area contributed by atoms with Crippen LogP contribution in [0.5, 0.6) is 5.88 Å². The zero-order chi connectivity index (χ0) is 19.1. The van der Waals surface area contributed by atoms with Crippen LogP contribution in [-0.2, 0) is 4.79 Å². The Labute approximate surface area is 150 Å². The molecule has 0 aliphatic carbocycles.